The number of aromatic nitrogens is 1. The van der Waals surface area contributed by atoms with Gasteiger partial charge in [-0.3, -0.25) is 15.0 Å². The summed E-state index contributed by atoms with van der Waals surface area (Å²) in [5.41, 5.74) is 4.38. The predicted octanol–water partition coefficient (Wildman–Crippen LogP) is 4.98. The second-order valence-corrected chi connectivity index (χ2v) is 10.1. The van der Waals surface area contributed by atoms with Crippen LogP contribution in [0.4, 0.5) is 16.3 Å². The number of amides is 3. The number of hydrogen-bond acceptors (Lipinski definition) is 5. The molecule has 2 saturated heterocycles. The first-order chi connectivity index (χ1) is 18.0. The first-order valence-electron chi connectivity index (χ1n) is 12.9. The molecular weight excluding hydrogens is 466 g/mol. The molecule has 3 atom stereocenters. The molecule has 1 aromatic heterocycles. The van der Waals surface area contributed by atoms with E-state index in [2.05, 4.69) is 44.8 Å². The van der Waals surface area contributed by atoms with Gasteiger partial charge in [0.05, 0.1) is 11.8 Å². The van der Waals surface area contributed by atoms with Gasteiger partial charge in [-0.05, 0) is 67.6 Å². The van der Waals surface area contributed by atoms with Gasteiger partial charge in [0.2, 0.25) is 0 Å². The van der Waals surface area contributed by atoms with E-state index in [4.69, 9.17) is 4.74 Å². The van der Waals surface area contributed by atoms with Crippen LogP contribution in [-0.2, 0) is 11.3 Å². The molecule has 2 fully saturated rings. The Morgan fingerprint density at radius 1 is 1.05 bits per heavy atom. The fourth-order valence-electron chi connectivity index (χ4n) is 5.64. The number of carbonyl (C=O) groups excluding carboxylic acids is 2. The highest BCUT2D eigenvalue weighted by Gasteiger charge is 2.42. The van der Waals surface area contributed by atoms with Crippen LogP contribution in [0.25, 0.3) is 0 Å². The largest absolute Gasteiger partial charge is 0.351 e. The summed E-state index contributed by atoms with van der Waals surface area (Å²) in [5, 5.41) is 5.80. The number of urea groups is 1. The van der Waals surface area contributed by atoms with Gasteiger partial charge in [-0.25, -0.2) is 9.78 Å². The third-order valence-electron chi connectivity index (χ3n) is 7.53. The summed E-state index contributed by atoms with van der Waals surface area (Å²) in [7, 11) is 0. The topological polar surface area (TPSA) is 86.8 Å². The second-order valence-electron chi connectivity index (χ2n) is 10.1. The molecule has 2 N–H and O–H groups in total. The van der Waals surface area contributed by atoms with Gasteiger partial charge in [0, 0.05) is 37.0 Å². The zero-order valence-electron chi connectivity index (χ0n) is 20.9. The van der Waals surface area contributed by atoms with Crippen LogP contribution >= 0.6 is 0 Å². The molecule has 0 aliphatic carbocycles. The molecular formula is C29H31N5O3. The SMILES string of the molecule is CC1CCN2C(=O)c3cccc(NC(=O)Nc4cc(C5CCN(Cc6ccccc6)C5)ccn4)c3C2O1. The Balaban J connectivity index is 1.12. The molecule has 2 aromatic carbocycles. The molecule has 4 heterocycles. The highest BCUT2D eigenvalue weighted by molar-refractivity contribution is 6.04. The molecule has 0 radical (unpaired) electrons. The summed E-state index contributed by atoms with van der Waals surface area (Å²) in [6.07, 6.45) is 3.20. The van der Waals surface area contributed by atoms with E-state index in [-0.39, 0.29) is 12.0 Å². The molecule has 3 aromatic rings. The molecule has 0 spiro atoms. The van der Waals surface area contributed by atoms with E-state index in [1.165, 1.54) is 11.1 Å². The summed E-state index contributed by atoms with van der Waals surface area (Å²) < 4.78 is 6.08. The number of ether oxygens (including phenoxy) is 1. The summed E-state index contributed by atoms with van der Waals surface area (Å²) >= 11 is 0. The number of nitrogens with one attached hydrogen (secondary N) is 2. The number of hydrogen-bond donors (Lipinski definition) is 2. The van der Waals surface area contributed by atoms with Gasteiger partial charge in [0.1, 0.15) is 5.82 Å². The van der Waals surface area contributed by atoms with Crippen molar-refractivity contribution < 1.29 is 14.3 Å². The molecule has 37 heavy (non-hydrogen) atoms. The van der Waals surface area contributed by atoms with Gasteiger partial charge < -0.3 is 15.0 Å². The van der Waals surface area contributed by atoms with Crippen LogP contribution in [0, 0.1) is 0 Å². The molecule has 8 nitrogen and oxygen atoms in total. The van der Waals surface area contributed by atoms with Crippen LogP contribution in [0.5, 0.6) is 0 Å². The van der Waals surface area contributed by atoms with Crippen LogP contribution in [0.15, 0.2) is 66.9 Å². The van der Waals surface area contributed by atoms with E-state index in [0.29, 0.717) is 29.5 Å². The lowest BCUT2D eigenvalue weighted by Gasteiger charge is -2.34. The number of rotatable bonds is 5. The average molecular weight is 498 g/mol. The van der Waals surface area contributed by atoms with Crippen molar-refractivity contribution in [1.29, 1.82) is 0 Å². The highest BCUT2D eigenvalue weighted by atomic mass is 16.5. The molecule has 190 valence electrons. The van der Waals surface area contributed by atoms with Gasteiger partial charge in [0.15, 0.2) is 6.23 Å². The Morgan fingerprint density at radius 2 is 1.92 bits per heavy atom. The Bertz CT molecular complexity index is 1310. The molecule has 6 rings (SSSR count). The minimum Gasteiger partial charge on any atom is -0.351 e. The monoisotopic (exact) mass is 497 g/mol. The lowest BCUT2D eigenvalue weighted by Crippen LogP contribution is -2.38. The minimum absolute atomic E-state index is 0.0491. The van der Waals surface area contributed by atoms with E-state index >= 15 is 0 Å². The lowest BCUT2D eigenvalue weighted by molar-refractivity contribution is -0.111. The van der Waals surface area contributed by atoms with E-state index in [9.17, 15) is 9.59 Å². The van der Waals surface area contributed by atoms with Crippen molar-refractivity contribution in [2.75, 3.05) is 30.3 Å². The fourth-order valence-corrected chi connectivity index (χ4v) is 5.64. The van der Waals surface area contributed by atoms with Crippen molar-refractivity contribution in [1.82, 2.24) is 14.8 Å². The number of pyridine rings is 1. The maximum Gasteiger partial charge on any atom is 0.324 e. The van der Waals surface area contributed by atoms with E-state index in [1.807, 2.05) is 31.2 Å². The molecule has 3 amide bonds. The van der Waals surface area contributed by atoms with Crippen molar-refractivity contribution in [3.8, 4) is 0 Å². The number of nitrogens with zero attached hydrogens (tertiary/aromatic N) is 3. The van der Waals surface area contributed by atoms with Crippen LogP contribution in [-0.4, -0.2) is 52.5 Å². The van der Waals surface area contributed by atoms with Crippen LogP contribution in [0.2, 0.25) is 0 Å². The van der Waals surface area contributed by atoms with Crippen molar-refractivity contribution >= 4 is 23.4 Å². The smallest absolute Gasteiger partial charge is 0.324 e. The maximum atomic E-state index is 13.0. The lowest BCUT2D eigenvalue weighted by atomic mass is 9.99. The maximum absolute atomic E-state index is 13.0. The summed E-state index contributed by atoms with van der Waals surface area (Å²) in [6.45, 7) is 5.62. The molecule has 0 bridgehead atoms. The van der Waals surface area contributed by atoms with Gasteiger partial charge >= 0.3 is 6.03 Å². The Kier molecular flexibility index (Phi) is 6.36. The van der Waals surface area contributed by atoms with Crippen molar-refractivity contribution in [3.63, 3.8) is 0 Å². The zero-order valence-corrected chi connectivity index (χ0v) is 20.9. The standard InChI is InChI=1S/C29H31N5O3/c1-19-11-15-34-27(35)23-8-5-9-24(26(23)28(34)37-19)31-29(36)32-25-16-21(10-13-30-25)22-12-14-33(18-22)17-20-6-3-2-4-7-20/h2-10,13,16,19,22,28H,11-12,14-15,17-18H2,1H3,(H2,30,31,32,36). The Morgan fingerprint density at radius 3 is 2.78 bits per heavy atom. The number of carbonyl (C=O) groups is 2. The van der Waals surface area contributed by atoms with Crippen molar-refractivity contribution in [2.24, 2.45) is 0 Å². The summed E-state index contributed by atoms with van der Waals surface area (Å²) in [5.74, 6) is 0.850. The van der Waals surface area contributed by atoms with Crippen LogP contribution in [0.1, 0.15) is 59.0 Å². The van der Waals surface area contributed by atoms with Crippen LogP contribution < -0.4 is 10.6 Å². The molecule has 3 aliphatic rings. The first kappa shape index (κ1) is 23.6. The summed E-state index contributed by atoms with van der Waals surface area (Å²) in [6, 6.07) is 19.5. The Labute approximate surface area is 216 Å². The minimum atomic E-state index is -0.467. The number of benzene rings is 2. The van der Waals surface area contributed by atoms with Gasteiger partial charge in [-0.1, -0.05) is 36.4 Å². The first-order valence-corrected chi connectivity index (χ1v) is 12.9. The second kappa shape index (κ2) is 9.95. The van der Waals surface area contributed by atoms with E-state index < -0.39 is 12.3 Å². The third kappa shape index (κ3) is 4.82. The Hall–Kier alpha value is -3.75. The molecule has 0 saturated carbocycles. The number of anilines is 2. The van der Waals surface area contributed by atoms with Crippen molar-refractivity contribution in [3.05, 3.63) is 89.1 Å². The van der Waals surface area contributed by atoms with Crippen LogP contribution in [0.3, 0.4) is 0 Å². The molecule has 3 unspecified atom stereocenters. The number of likely N-dealkylation sites (tertiary alicyclic amines) is 1. The normalized spacial score (nSPS) is 23.0. The third-order valence-corrected chi connectivity index (χ3v) is 7.53. The van der Waals surface area contributed by atoms with Gasteiger partial charge in [-0.15, -0.1) is 0 Å². The van der Waals surface area contributed by atoms with Gasteiger partial charge in [0.25, 0.3) is 5.91 Å². The fraction of sp³-hybridized carbons (Fsp3) is 0.345. The highest BCUT2D eigenvalue weighted by Crippen LogP contribution is 2.42. The molecule has 8 heteroatoms. The van der Waals surface area contributed by atoms with E-state index in [0.717, 1.165) is 38.0 Å². The quantitative estimate of drug-likeness (QED) is 0.519. The zero-order chi connectivity index (χ0) is 25.4. The number of fused-ring (bicyclic) bond motifs is 3. The summed E-state index contributed by atoms with van der Waals surface area (Å²) in [4.78, 5) is 34.4. The molecule has 3 aliphatic heterocycles. The van der Waals surface area contributed by atoms with Crippen molar-refractivity contribution in [2.45, 2.75) is 44.6 Å². The average Bonchev–Trinajstić information content (AvgIpc) is 3.48. The van der Waals surface area contributed by atoms with E-state index in [1.54, 1.807) is 23.2 Å². The predicted molar refractivity (Wildman–Crippen MR) is 141 cm³/mol. The van der Waals surface area contributed by atoms with Gasteiger partial charge in [-0.2, -0.15) is 0 Å².